The van der Waals surface area contributed by atoms with Crippen molar-refractivity contribution in [2.45, 2.75) is 213 Å². The maximum absolute atomic E-state index is 14.9. The minimum atomic E-state index is -1.44. The summed E-state index contributed by atoms with van der Waals surface area (Å²) in [6, 6.07) is -0.313. The molecule has 3 rings (SSSR count). The minimum Gasteiger partial charge on any atom is -0.481 e. The second-order valence-electron chi connectivity index (χ2n) is 23.4. The zero-order valence-electron chi connectivity index (χ0n) is 46.7. The van der Waals surface area contributed by atoms with Gasteiger partial charge in [-0.3, -0.25) is 52.9 Å². The van der Waals surface area contributed by atoms with Crippen LogP contribution in [-0.4, -0.2) is 134 Å². The normalized spacial score (nSPS) is 19.1. The zero-order valence-corrected chi connectivity index (χ0v) is 46.7. The number of rotatable bonds is 36. The number of carboxylic acids is 1. The summed E-state index contributed by atoms with van der Waals surface area (Å²) in [7, 11) is 0. The van der Waals surface area contributed by atoms with Gasteiger partial charge in [-0.1, -0.05) is 73.1 Å². The molecule has 0 radical (unpaired) electrons. The third-order valence-electron chi connectivity index (χ3n) is 15.3. The van der Waals surface area contributed by atoms with Gasteiger partial charge in [0, 0.05) is 82.3 Å². The first-order chi connectivity index (χ1) is 36.3. The summed E-state index contributed by atoms with van der Waals surface area (Å²) in [5.41, 5.74) is 9.94. The predicted octanol–water partition coefficient (Wildman–Crippen LogP) is 4.21. The maximum atomic E-state index is 14.9. The average Bonchev–Trinajstić information content (AvgIpc) is 3.77. The number of pyridine rings is 1. The fourth-order valence-corrected chi connectivity index (χ4v) is 10.6. The second-order valence-corrected chi connectivity index (χ2v) is 23.4. The van der Waals surface area contributed by atoms with E-state index in [1.165, 1.54) is 0 Å². The van der Waals surface area contributed by atoms with E-state index < -0.39 is 119 Å². The Morgan fingerprint density at radius 3 is 2.01 bits per heavy atom. The summed E-state index contributed by atoms with van der Waals surface area (Å²) >= 11 is 0. The van der Waals surface area contributed by atoms with Crippen molar-refractivity contribution >= 4 is 58.6 Å². The molecule has 2 aliphatic rings. The third-order valence-corrected chi connectivity index (χ3v) is 15.3. The minimum absolute atomic E-state index is 0.00411. The summed E-state index contributed by atoms with van der Waals surface area (Å²) in [5.74, 6) is -9.07. The van der Waals surface area contributed by atoms with Crippen LogP contribution in [0.3, 0.4) is 0 Å². The molecule has 2 heterocycles. The van der Waals surface area contributed by atoms with Crippen LogP contribution in [0.1, 0.15) is 182 Å². The van der Waals surface area contributed by atoms with Gasteiger partial charge < -0.3 is 47.6 Å². The van der Waals surface area contributed by atoms with Gasteiger partial charge in [-0.05, 0) is 93.9 Å². The quantitative estimate of drug-likeness (QED) is 0.0437. The molecule has 20 heteroatoms. The molecule has 9 atom stereocenters. The number of nitrogens with two attached hydrogens (primary N) is 2. The summed E-state index contributed by atoms with van der Waals surface area (Å²) < 4.78 is 0. The highest BCUT2D eigenvalue weighted by Gasteiger charge is 2.45. The van der Waals surface area contributed by atoms with Crippen LogP contribution in [0, 0.1) is 34.5 Å². The number of aromatic nitrogens is 1. The fraction of sp³-hybridized carbons (Fsp3) is 0.737. The van der Waals surface area contributed by atoms with Gasteiger partial charge in [0.1, 0.15) is 5.78 Å². The van der Waals surface area contributed by atoms with E-state index in [4.69, 9.17) is 16.6 Å². The number of unbranched alkanes of at least 4 members (excludes halogenated alkanes) is 2. The Labute approximate surface area is 455 Å². The highest BCUT2D eigenvalue weighted by Crippen LogP contribution is 2.34. The highest BCUT2D eigenvalue weighted by molar-refractivity contribution is 5.99. The van der Waals surface area contributed by atoms with Crippen molar-refractivity contribution in [2.24, 2.45) is 46.0 Å². The lowest BCUT2D eigenvalue weighted by Crippen LogP contribution is -2.52. The summed E-state index contributed by atoms with van der Waals surface area (Å²) in [6.45, 7) is 10.4. The number of carbonyl (C=O) groups excluding carboxylic acids is 9. The van der Waals surface area contributed by atoms with E-state index in [0.29, 0.717) is 24.9 Å². The largest absolute Gasteiger partial charge is 0.481 e. The third kappa shape index (κ3) is 23.2. The second kappa shape index (κ2) is 32.4. The molecule has 20 nitrogen and oxygen atoms in total. The lowest BCUT2D eigenvalue weighted by molar-refractivity contribution is -0.145. The van der Waals surface area contributed by atoms with E-state index in [9.17, 15) is 58.2 Å². The van der Waals surface area contributed by atoms with Gasteiger partial charge in [0.15, 0.2) is 17.3 Å². The van der Waals surface area contributed by atoms with E-state index in [0.717, 1.165) is 49.8 Å². The summed E-state index contributed by atoms with van der Waals surface area (Å²) in [5, 5.41) is 38.6. The van der Waals surface area contributed by atoms with Crippen molar-refractivity contribution in [1.29, 1.82) is 0 Å². The van der Waals surface area contributed by atoms with Crippen LogP contribution in [0.5, 0.6) is 0 Å². The van der Waals surface area contributed by atoms with E-state index in [1.807, 2.05) is 27.7 Å². The summed E-state index contributed by atoms with van der Waals surface area (Å²) in [6.07, 6.45) is 7.96. The number of hydrogen-bond donors (Lipinski definition) is 8. The smallest absolute Gasteiger partial charge is 0.303 e. The lowest BCUT2D eigenvalue weighted by atomic mass is 9.78. The molecule has 1 saturated heterocycles. The zero-order chi connectivity index (χ0) is 57.5. The number of carboxylic acid groups (broad SMARTS) is 1. The van der Waals surface area contributed by atoms with Crippen molar-refractivity contribution in [1.82, 2.24) is 25.8 Å². The van der Waals surface area contributed by atoms with Crippen LogP contribution in [-0.2, 0) is 54.4 Å². The monoisotopic (exact) mass is 1080 g/mol. The molecule has 77 heavy (non-hydrogen) atoms. The standard InChI is InChI=1S/C57H91N7O13/c1-7-57(6,33-49(70)46-31-43(67)34-64(46)54(76)41(35-65)27-42(66)18-11-12-19-51(72)73)55(77)63-44(26-38-20-23-60-24-21-38)47(68)28-39(25-37-16-9-8-10-17-37)53(75)62-45(32-56(3,4)5)48(69)29-40(30-50(59)71)52(74)61-36(2)15-13-14-22-58/h20-21,23-24,36-37,39-41,43-46,65,67H,7-19,22,25-35,58H2,1-6H3,(H2,59,71)(H,61,74)(H,62,75)(H,63,77)(H,72,73)/t36-,39-,40+,41+,43+,44+,45+,46-,57-/m1/s1. The number of nitrogens with zero attached hydrogens (tertiary/aromatic N) is 2. The Balaban J connectivity index is 1.90. The van der Waals surface area contributed by atoms with Crippen molar-refractivity contribution in [3.8, 4) is 0 Å². The molecule has 2 fully saturated rings. The topological polar surface area (TPSA) is 336 Å². The lowest BCUT2D eigenvalue weighted by Gasteiger charge is -2.33. The Bertz CT molecular complexity index is 2150. The Kier molecular flexibility index (Phi) is 27.7. The van der Waals surface area contributed by atoms with Gasteiger partial charge in [0.25, 0.3) is 0 Å². The van der Waals surface area contributed by atoms with E-state index in [-0.39, 0.29) is 101 Å². The molecular weight excluding hydrogens is 991 g/mol. The van der Waals surface area contributed by atoms with Crippen molar-refractivity contribution < 1.29 is 63.3 Å². The fourth-order valence-electron chi connectivity index (χ4n) is 10.6. The molecule has 432 valence electrons. The van der Waals surface area contributed by atoms with Crippen LogP contribution in [0.15, 0.2) is 24.5 Å². The van der Waals surface area contributed by atoms with Gasteiger partial charge in [-0.15, -0.1) is 0 Å². The van der Waals surface area contributed by atoms with Gasteiger partial charge in [0.2, 0.25) is 29.5 Å². The number of amides is 5. The Morgan fingerprint density at radius 1 is 0.792 bits per heavy atom. The number of nitrogens with one attached hydrogen (secondary N) is 3. The molecule has 0 unspecified atom stereocenters. The average molecular weight is 1080 g/mol. The van der Waals surface area contributed by atoms with Gasteiger partial charge in [-0.25, -0.2) is 0 Å². The number of hydrogen-bond acceptors (Lipinski definition) is 14. The highest BCUT2D eigenvalue weighted by atomic mass is 16.4. The first-order valence-corrected chi connectivity index (χ1v) is 28.0. The molecule has 1 aliphatic carbocycles. The van der Waals surface area contributed by atoms with Gasteiger partial charge >= 0.3 is 5.97 Å². The van der Waals surface area contributed by atoms with Crippen molar-refractivity contribution in [3.63, 3.8) is 0 Å². The van der Waals surface area contributed by atoms with E-state index >= 15 is 0 Å². The number of ketones is 4. The van der Waals surface area contributed by atoms with Crippen molar-refractivity contribution in [3.05, 3.63) is 30.1 Å². The molecule has 10 N–H and O–H groups in total. The van der Waals surface area contributed by atoms with Crippen LogP contribution in [0.2, 0.25) is 0 Å². The van der Waals surface area contributed by atoms with Crippen molar-refractivity contribution in [2.75, 3.05) is 19.7 Å². The van der Waals surface area contributed by atoms with Gasteiger partial charge in [-0.2, -0.15) is 0 Å². The van der Waals surface area contributed by atoms with Crippen LogP contribution >= 0.6 is 0 Å². The van der Waals surface area contributed by atoms with E-state index in [1.54, 1.807) is 38.4 Å². The number of aliphatic carboxylic acids is 1. The number of β-amino-alcohol motifs (C(OH)–C–C–N with tert-alkyl or cyclic N) is 1. The number of Topliss-reactive ketones (excluding diaryl/α,β-unsaturated/α-hetero) is 4. The molecule has 1 aromatic rings. The molecule has 1 aromatic heterocycles. The maximum Gasteiger partial charge on any atom is 0.303 e. The molecule has 1 aliphatic heterocycles. The number of likely N-dealkylation sites (tertiary alicyclic amines) is 1. The molecule has 5 amide bonds. The van der Waals surface area contributed by atoms with Gasteiger partial charge in [0.05, 0.1) is 48.1 Å². The number of carbonyl (C=O) groups is 10. The molecule has 0 aromatic carbocycles. The first-order valence-electron chi connectivity index (χ1n) is 28.0. The predicted molar refractivity (Wildman–Crippen MR) is 288 cm³/mol. The Hall–Kier alpha value is -5.47. The number of primary amides is 1. The number of aliphatic hydroxyl groups excluding tert-OH is 2. The summed E-state index contributed by atoms with van der Waals surface area (Å²) in [4.78, 5) is 141. The Morgan fingerprint density at radius 2 is 1.42 bits per heavy atom. The molecule has 0 bridgehead atoms. The first kappa shape index (κ1) is 65.8. The molecule has 0 spiro atoms. The van der Waals surface area contributed by atoms with Crippen LogP contribution in [0.25, 0.3) is 0 Å². The van der Waals surface area contributed by atoms with Crippen LogP contribution in [0.4, 0.5) is 0 Å². The molecular formula is C57H91N7O13. The molecule has 1 saturated carbocycles. The van der Waals surface area contributed by atoms with Crippen LogP contribution < -0.4 is 27.4 Å². The number of aliphatic hydroxyl groups is 2. The van der Waals surface area contributed by atoms with E-state index in [2.05, 4.69) is 20.9 Å². The SMILES string of the molecule is CC[C@](C)(CC(=O)[C@H]1C[C@H](O)CN1C(=O)[C@H](CO)CC(=O)CCCCC(=O)O)C(=O)N[C@@H](Cc1ccncc1)C(=O)C[C@@H](CC1CCCCC1)C(=O)N[C@@H](CC(C)(C)C)C(=O)C[C@@H](CC(N)=O)C(=O)N[C@H](C)CCCCN.